The van der Waals surface area contributed by atoms with E-state index in [2.05, 4.69) is 5.32 Å². The molecule has 138 valence electrons. The average Bonchev–Trinajstić information content (AvgIpc) is 3.11. The van der Waals surface area contributed by atoms with Gasteiger partial charge in [0.15, 0.2) is 0 Å². The summed E-state index contributed by atoms with van der Waals surface area (Å²) in [4.78, 5) is 26.3. The molecule has 4 nitrogen and oxygen atoms in total. The van der Waals surface area contributed by atoms with Crippen LogP contribution in [-0.4, -0.2) is 24.7 Å². The second-order valence-electron chi connectivity index (χ2n) is 5.50. The number of methoxy groups -OCH3 is 1. The van der Waals surface area contributed by atoms with Crippen LogP contribution < -0.4 is 5.32 Å². The third-order valence-electron chi connectivity index (χ3n) is 3.63. The van der Waals surface area contributed by atoms with Crippen molar-refractivity contribution in [3.8, 4) is 10.4 Å². The highest BCUT2D eigenvalue weighted by Gasteiger charge is 2.19. The molecule has 2 aromatic carbocycles. The molecule has 0 aliphatic heterocycles. The van der Waals surface area contributed by atoms with Gasteiger partial charge in [-0.1, -0.05) is 41.9 Å². The Hall–Kier alpha value is -2.28. The molecule has 0 aliphatic rings. The Morgan fingerprint density at radius 1 is 1.11 bits per heavy atom. The van der Waals surface area contributed by atoms with Crippen LogP contribution in [0.4, 0.5) is 5.00 Å². The van der Waals surface area contributed by atoms with E-state index in [-0.39, 0.29) is 11.7 Å². The lowest BCUT2D eigenvalue weighted by Gasteiger charge is -2.05. The van der Waals surface area contributed by atoms with Gasteiger partial charge in [-0.15, -0.1) is 23.1 Å². The molecule has 1 N–H and O–H groups in total. The van der Waals surface area contributed by atoms with Gasteiger partial charge in [-0.25, -0.2) is 4.79 Å². The molecule has 0 fully saturated rings. The van der Waals surface area contributed by atoms with Crippen LogP contribution in [0.25, 0.3) is 10.4 Å². The summed E-state index contributed by atoms with van der Waals surface area (Å²) in [5.41, 5.74) is 1.33. The van der Waals surface area contributed by atoms with Crippen molar-refractivity contribution in [1.82, 2.24) is 0 Å². The minimum atomic E-state index is -0.478. The fraction of sp³-hybridized carbons (Fsp3) is 0.100. The van der Waals surface area contributed by atoms with E-state index in [1.807, 2.05) is 42.5 Å². The second kappa shape index (κ2) is 9.08. The number of ether oxygens (including phenoxy) is 1. The van der Waals surface area contributed by atoms with E-state index in [1.165, 1.54) is 30.2 Å². The molecular formula is C20H16ClNO3S2. The third-order valence-corrected chi connectivity index (χ3v) is 6.00. The molecule has 3 rings (SSSR count). The third kappa shape index (κ3) is 5.13. The van der Waals surface area contributed by atoms with Gasteiger partial charge >= 0.3 is 5.97 Å². The summed E-state index contributed by atoms with van der Waals surface area (Å²) in [6, 6.07) is 18.7. The van der Waals surface area contributed by atoms with E-state index in [4.69, 9.17) is 16.3 Å². The highest BCUT2D eigenvalue weighted by atomic mass is 35.5. The molecule has 0 radical (unpaired) electrons. The van der Waals surface area contributed by atoms with Crippen LogP contribution in [0, 0.1) is 0 Å². The molecule has 7 heteroatoms. The van der Waals surface area contributed by atoms with Crippen LogP contribution in [0.2, 0.25) is 5.02 Å². The lowest BCUT2D eigenvalue weighted by Crippen LogP contribution is -2.15. The number of halogens is 1. The van der Waals surface area contributed by atoms with E-state index >= 15 is 0 Å². The van der Waals surface area contributed by atoms with E-state index < -0.39 is 5.97 Å². The van der Waals surface area contributed by atoms with Crippen LogP contribution in [-0.2, 0) is 9.53 Å². The Morgan fingerprint density at radius 2 is 1.81 bits per heavy atom. The first-order chi connectivity index (χ1) is 13.1. The first-order valence-corrected chi connectivity index (χ1v) is 10.2. The number of carbonyl (C=O) groups is 2. The zero-order valence-corrected chi connectivity index (χ0v) is 16.8. The number of rotatable bonds is 6. The molecule has 27 heavy (non-hydrogen) atoms. The van der Waals surface area contributed by atoms with Crippen molar-refractivity contribution in [1.29, 1.82) is 0 Å². The minimum absolute atomic E-state index is 0.193. The molecule has 0 unspecified atom stereocenters. The standard InChI is InChI=1S/C20H16ClNO3S2/c1-25-20(24)16-11-17(13-5-3-2-4-6-13)27-19(16)22-18(23)12-26-15-9-7-14(21)8-10-15/h2-11H,12H2,1H3,(H,22,23). The molecular weight excluding hydrogens is 402 g/mol. The lowest BCUT2D eigenvalue weighted by molar-refractivity contribution is -0.113. The number of thioether (sulfide) groups is 1. The summed E-state index contributed by atoms with van der Waals surface area (Å²) in [6.45, 7) is 0. The van der Waals surface area contributed by atoms with Crippen LogP contribution in [0.1, 0.15) is 10.4 Å². The maximum absolute atomic E-state index is 12.4. The molecule has 0 spiro atoms. The van der Waals surface area contributed by atoms with Crippen molar-refractivity contribution in [2.45, 2.75) is 4.90 Å². The van der Waals surface area contributed by atoms with Gasteiger partial charge in [-0.05, 0) is 35.9 Å². The molecule has 0 saturated heterocycles. The number of hydrogen-bond donors (Lipinski definition) is 1. The van der Waals surface area contributed by atoms with Gasteiger partial charge < -0.3 is 10.1 Å². The van der Waals surface area contributed by atoms with Crippen molar-refractivity contribution < 1.29 is 14.3 Å². The lowest BCUT2D eigenvalue weighted by atomic mass is 10.1. The Labute approximate surface area is 170 Å². The van der Waals surface area contributed by atoms with Crippen LogP contribution in [0.3, 0.4) is 0 Å². The Kier molecular flexibility index (Phi) is 6.55. The van der Waals surface area contributed by atoms with Gasteiger partial charge in [0.25, 0.3) is 0 Å². The van der Waals surface area contributed by atoms with E-state index in [9.17, 15) is 9.59 Å². The first-order valence-electron chi connectivity index (χ1n) is 8.02. The fourth-order valence-electron chi connectivity index (χ4n) is 2.33. The van der Waals surface area contributed by atoms with Crippen LogP contribution in [0.5, 0.6) is 0 Å². The molecule has 1 aromatic heterocycles. The highest BCUT2D eigenvalue weighted by Crippen LogP contribution is 2.36. The fourth-order valence-corrected chi connectivity index (χ4v) is 4.22. The smallest absolute Gasteiger partial charge is 0.340 e. The molecule has 3 aromatic rings. The van der Waals surface area contributed by atoms with Crippen molar-refractivity contribution in [2.75, 3.05) is 18.2 Å². The summed E-state index contributed by atoms with van der Waals surface area (Å²) < 4.78 is 4.85. The number of thiophene rings is 1. The molecule has 0 bridgehead atoms. The summed E-state index contributed by atoms with van der Waals surface area (Å²) >= 11 is 8.61. The zero-order valence-electron chi connectivity index (χ0n) is 14.4. The first kappa shape index (κ1) is 19.5. The Balaban J connectivity index is 1.74. The monoisotopic (exact) mass is 417 g/mol. The Morgan fingerprint density at radius 3 is 2.48 bits per heavy atom. The van der Waals surface area contributed by atoms with Crippen LogP contribution >= 0.6 is 34.7 Å². The van der Waals surface area contributed by atoms with E-state index in [1.54, 1.807) is 18.2 Å². The summed E-state index contributed by atoms with van der Waals surface area (Å²) in [6.07, 6.45) is 0. The number of anilines is 1. The number of amides is 1. The van der Waals surface area contributed by atoms with Gasteiger partial charge in [-0.3, -0.25) is 4.79 Å². The van der Waals surface area contributed by atoms with E-state index in [0.29, 0.717) is 15.6 Å². The van der Waals surface area contributed by atoms with Gasteiger partial charge in [0, 0.05) is 14.8 Å². The number of nitrogens with one attached hydrogen (secondary N) is 1. The van der Waals surface area contributed by atoms with Gasteiger partial charge in [0.05, 0.1) is 18.4 Å². The topological polar surface area (TPSA) is 55.4 Å². The van der Waals surface area contributed by atoms with Crippen molar-refractivity contribution in [2.24, 2.45) is 0 Å². The second-order valence-corrected chi connectivity index (χ2v) is 8.04. The zero-order chi connectivity index (χ0) is 19.2. The number of benzene rings is 2. The van der Waals surface area contributed by atoms with Crippen molar-refractivity contribution in [3.05, 3.63) is 71.2 Å². The van der Waals surface area contributed by atoms with E-state index in [0.717, 1.165) is 15.3 Å². The summed E-state index contributed by atoms with van der Waals surface area (Å²) in [5.74, 6) is -0.448. The van der Waals surface area contributed by atoms with Gasteiger partial charge in [0.1, 0.15) is 5.00 Å². The SMILES string of the molecule is COC(=O)c1cc(-c2ccccc2)sc1NC(=O)CSc1ccc(Cl)cc1. The predicted octanol–water partition coefficient (Wildman–Crippen LogP) is 5.59. The Bertz CT molecular complexity index is 940. The minimum Gasteiger partial charge on any atom is -0.465 e. The quantitative estimate of drug-likeness (QED) is 0.419. The predicted molar refractivity (Wildman–Crippen MR) is 112 cm³/mol. The summed E-state index contributed by atoms with van der Waals surface area (Å²) in [7, 11) is 1.32. The summed E-state index contributed by atoms with van der Waals surface area (Å²) in [5, 5.41) is 3.97. The van der Waals surface area contributed by atoms with Crippen molar-refractivity contribution >= 4 is 51.6 Å². The number of hydrogen-bond acceptors (Lipinski definition) is 5. The molecule has 0 saturated carbocycles. The van der Waals surface area contributed by atoms with Crippen LogP contribution in [0.15, 0.2) is 65.6 Å². The molecule has 0 aliphatic carbocycles. The normalized spacial score (nSPS) is 10.4. The van der Waals surface area contributed by atoms with Gasteiger partial charge in [-0.2, -0.15) is 0 Å². The average molecular weight is 418 g/mol. The maximum atomic E-state index is 12.4. The number of carbonyl (C=O) groups excluding carboxylic acids is 2. The molecule has 1 amide bonds. The number of esters is 1. The molecule has 1 heterocycles. The molecule has 0 atom stereocenters. The largest absolute Gasteiger partial charge is 0.465 e. The van der Waals surface area contributed by atoms with Crippen molar-refractivity contribution in [3.63, 3.8) is 0 Å². The highest BCUT2D eigenvalue weighted by molar-refractivity contribution is 8.00. The maximum Gasteiger partial charge on any atom is 0.340 e. The van der Waals surface area contributed by atoms with Gasteiger partial charge in [0.2, 0.25) is 5.91 Å².